The van der Waals surface area contributed by atoms with E-state index in [0.29, 0.717) is 17.8 Å². The van der Waals surface area contributed by atoms with E-state index in [4.69, 9.17) is 0 Å². The second kappa shape index (κ2) is 4.18. The van der Waals surface area contributed by atoms with Crippen molar-refractivity contribution in [2.75, 3.05) is 0 Å². The summed E-state index contributed by atoms with van der Waals surface area (Å²) in [4.78, 5) is 10.8. The molecule has 0 N–H and O–H groups in total. The first kappa shape index (κ1) is 10.4. The minimum Gasteiger partial charge on any atom is -0.298 e. The van der Waals surface area contributed by atoms with Crippen LogP contribution in [0.5, 0.6) is 0 Å². The molecule has 15 heavy (non-hydrogen) atoms. The molecule has 3 atom stereocenters. The first-order chi connectivity index (χ1) is 7.26. The van der Waals surface area contributed by atoms with Gasteiger partial charge in [0.25, 0.3) is 0 Å². The van der Waals surface area contributed by atoms with Gasteiger partial charge in [-0.1, -0.05) is 24.3 Å². The molecule has 0 unspecified atom stereocenters. The third kappa shape index (κ3) is 1.83. The topological polar surface area (TPSA) is 17.1 Å². The van der Waals surface area contributed by atoms with Gasteiger partial charge in [0.05, 0.1) is 0 Å². The van der Waals surface area contributed by atoms with Gasteiger partial charge in [0.1, 0.15) is 6.29 Å². The van der Waals surface area contributed by atoms with Crippen LogP contribution in [0.3, 0.4) is 0 Å². The van der Waals surface area contributed by atoms with E-state index >= 15 is 0 Å². The van der Waals surface area contributed by atoms with Crippen LogP contribution >= 0.6 is 0 Å². The highest BCUT2D eigenvalue weighted by Gasteiger charge is 2.34. The molecule has 0 aromatic rings. The van der Waals surface area contributed by atoms with Gasteiger partial charge in [-0.25, -0.2) is 0 Å². The molecule has 0 radical (unpaired) electrons. The lowest BCUT2D eigenvalue weighted by Crippen LogP contribution is -2.30. The van der Waals surface area contributed by atoms with Crippen molar-refractivity contribution < 1.29 is 4.79 Å². The summed E-state index contributed by atoms with van der Waals surface area (Å²) < 4.78 is 0. The van der Waals surface area contributed by atoms with Crippen LogP contribution in [-0.2, 0) is 4.79 Å². The molecule has 0 aromatic heterocycles. The Bertz CT molecular complexity index is 324. The minimum atomic E-state index is 0.484. The van der Waals surface area contributed by atoms with Crippen LogP contribution in [0.4, 0.5) is 0 Å². The fourth-order valence-corrected chi connectivity index (χ4v) is 2.96. The Hall–Kier alpha value is -1.11. The zero-order chi connectivity index (χ0) is 10.8. The molecular formula is C14H18O. The van der Waals surface area contributed by atoms with E-state index < -0.39 is 0 Å². The predicted molar refractivity (Wildman–Crippen MR) is 62.4 cm³/mol. The maximum atomic E-state index is 10.8. The van der Waals surface area contributed by atoms with Gasteiger partial charge < -0.3 is 0 Å². The zero-order valence-corrected chi connectivity index (χ0v) is 9.11. The quantitative estimate of drug-likeness (QED) is 0.496. The van der Waals surface area contributed by atoms with Gasteiger partial charge >= 0.3 is 0 Å². The van der Waals surface area contributed by atoms with Gasteiger partial charge in [0, 0.05) is 0 Å². The molecule has 1 saturated carbocycles. The van der Waals surface area contributed by atoms with Gasteiger partial charge in [0.2, 0.25) is 0 Å². The fraction of sp³-hybridized carbons (Fsp3) is 0.500. The lowest BCUT2D eigenvalue weighted by molar-refractivity contribution is -0.105. The van der Waals surface area contributed by atoms with Crippen LogP contribution in [0.25, 0.3) is 0 Å². The molecule has 0 saturated heterocycles. The van der Waals surface area contributed by atoms with Crippen molar-refractivity contribution in [1.29, 1.82) is 0 Å². The van der Waals surface area contributed by atoms with Crippen LogP contribution < -0.4 is 0 Å². The Morgan fingerprint density at radius 3 is 2.80 bits per heavy atom. The molecule has 0 aliphatic heterocycles. The van der Waals surface area contributed by atoms with Crippen molar-refractivity contribution >= 4 is 6.29 Å². The molecule has 1 heteroatoms. The Kier molecular flexibility index (Phi) is 2.90. The molecule has 0 amide bonds. The standard InChI is InChI=1S/C14H18O/c1-3-12-6-4-10(2)13-7-5-11(9-15)8-14(12)13/h3,8-9,12-14H,1-2,4-7H2/t12-,13+,14+/m0/s1. The highest BCUT2D eigenvalue weighted by molar-refractivity contribution is 5.73. The third-order valence-corrected chi connectivity index (χ3v) is 3.89. The van der Waals surface area contributed by atoms with Crippen LogP contribution in [0.15, 0.2) is 36.5 Å². The number of hydrogen-bond donors (Lipinski definition) is 0. The summed E-state index contributed by atoms with van der Waals surface area (Å²) in [5.41, 5.74) is 2.34. The lowest BCUT2D eigenvalue weighted by atomic mass is 9.65. The summed E-state index contributed by atoms with van der Waals surface area (Å²) in [5, 5.41) is 0. The first-order valence-electron chi connectivity index (χ1n) is 5.72. The molecule has 0 spiro atoms. The van der Waals surface area contributed by atoms with Crippen molar-refractivity contribution in [3.05, 3.63) is 36.5 Å². The number of fused-ring (bicyclic) bond motifs is 1. The summed E-state index contributed by atoms with van der Waals surface area (Å²) in [5.74, 6) is 1.61. The molecule has 2 aliphatic rings. The van der Waals surface area contributed by atoms with Gasteiger partial charge in [-0.15, -0.1) is 6.58 Å². The normalized spacial score (nSPS) is 35.3. The van der Waals surface area contributed by atoms with Crippen molar-refractivity contribution in [2.45, 2.75) is 25.7 Å². The zero-order valence-electron chi connectivity index (χ0n) is 9.11. The molecule has 1 fully saturated rings. The van der Waals surface area contributed by atoms with E-state index in [2.05, 4.69) is 19.2 Å². The average molecular weight is 202 g/mol. The highest BCUT2D eigenvalue weighted by Crippen LogP contribution is 2.44. The van der Waals surface area contributed by atoms with Gasteiger partial charge in [-0.3, -0.25) is 4.79 Å². The third-order valence-electron chi connectivity index (χ3n) is 3.89. The number of carbonyl (C=O) groups is 1. The smallest absolute Gasteiger partial charge is 0.145 e. The maximum absolute atomic E-state index is 10.8. The summed E-state index contributed by atoms with van der Waals surface area (Å²) in [6, 6.07) is 0. The highest BCUT2D eigenvalue weighted by atomic mass is 16.1. The predicted octanol–water partition coefficient (Wildman–Crippen LogP) is 3.29. The van der Waals surface area contributed by atoms with E-state index in [9.17, 15) is 4.79 Å². The fourth-order valence-electron chi connectivity index (χ4n) is 2.96. The van der Waals surface area contributed by atoms with Gasteiger partial charge in [-0.05, 0) is 49.0 Å². The van der Waals surface area contributed by atoms with E-state index in [1.807, 2.05) is 6.08 Å². The summed E-state index contributed by atoms with van der Waals surface area (Å²) in [6.45, 7) is 8.07. The molecule has 0 heterocycles. The Balaban J connectivity index is 2.27. The molecule has 0 bridgehead atoms. The number of hydrogen-bond acceptors (Lipinski definition) is 1. The average Bonchev–Trinajstić information content (AvgIpc) is 2.29. The number of allylic oxidation sites excluding steroid dienone is 4. The van der Waals surface area contributed by atoms with Crippen LogP contribution in [0.2, 0.25) is 0 Å². The second-order valence-corrected chi connectivity index (χ2v) is 4.68. The van der Waals surface area contributed by atoms with Crippen molar-refractivity contribution in [3.63, 3.8) is 0 Å². The number of aldehydes is 1. The molecular weight excluding hydrogens is 184 g/mol. The van der Waals surface area contributed by atoms with Crippen molar-refractivity contribution in [2.24, 2.45) is 17.8 Å². The molecule has 80 valence electrons. The maximum Gasteiger partial charge on any atom is 0.145 e. The Morgan fingerprint density at radius 1 is 1.33 bits per heavy atom. The first-order valence-corrected chi connectivity index (χ1v) is 5.72. The minimum absolute atomic E-state index is 0.484. The second-order valence-electron chi connectivity index (χ2n) is 4.68. The van der Waals surface area contributed by atoms with E-state index in [1.54, 1.807) is 0 Å². The summed E-state index contributed by atoms with van der Waals surface area (Å²) in [7, 11) is 0. The largest absolute Gasteiger partial charge is 0.298 e. The van der Waals surface area contributed by atoms with Crippen LogP contribution in [0.1, 0.15) is 25.7 Å². The lowest BCUT2D eigenvalue weighted by Gasteiger charge is -2.39. The van der Waals surface area contributed by atoms with Crippen molar-refractivity contribution in [3.8, 4) is 0 Å². The summed E-state index contributed by atoms with van der Waals surface area (Å²) in [6.07, 6.45) is 9.51. The molecule has 0 aromatic carbocycles. The Labute approximate surface area is 91.6 Å². The van der Waals surface area contributed by atoms with Crippen LogP contribution in [-0.4, -0.2) is 6.29 Å². The SMILES string of the molecule is C=C[C@H]1CCC(=C)[C@H]2CCC(C=O)=C[C@@H]21. The van der Waals surface area contributed by atoms with Crippen LogP contribution in [0, 0.1) is 17.8 Å². The molecule has 2 aliphatic carbocycles. The van der Waals surface area contributed by atoms with Crippen molar-refractivity contribution in [1.82, 2.24) is 0 Å². The molecule has 1 nitrogen and oxygen atoms in total. The number of carbonyl (C=O) groups excluding carboxylic acids is 1. The number of rotatable bonds is 2. The Morgan fingerprint density at radius 2 is 2.13 bits per heavy atom. The summed E-state index contributed by atoms with van der Waals surface area (Å²) >= 11 is 0. The van der Waals surface area contributed by atoms with Gasteiger partial charge in [-0.2, -0.15) is 0 Å². The van der Waals surface area contributed by atoms with E-state index in [0.717, 1.165) is 37.5 Å². The van der Waals surface area contributed by atoms with E-state index in [-0.39, 0.29) is 0 Å². The van der Waals surface area contributed by atoms with E-state index in [1.165, 1.54) is 5.57 Å². The molecule has 2 rings (SSSR count). The van der Waals surface area contributed by atoms with Gasteiger partial charge in [0.15, 0.2) is 0 Å². The monoisotopic (exact) mass is 202 g/mol.